The zero-order valence-electron chi connectivity index (χ0n) is 22.2. The second-order valence-corrected chi connectivity index (χ2v) is 11.7. The van der Waals surface area contributed by atoms with Gasteiger partial charge in [0.1, 0.15) is 10.8 Å². The number of fused-ring (bicyclic) bond motifs is 3. The number of carbonyl (C=O) groups excluding carboxylic acids is 1. The molecule has 11 heteroatoms. The molecule has 3 heterocycles. The number of aromatic nitrogens is 4. The molecule has 0 radical (unpaired) electrons. The van der Waals surface area contributed by atoms with Crippen LogP contribution in [-0.2, 0) is 15.6 Å². The summed E-state index contributed by atoms with van der Waals surface area (Å²) >= 11 is 0. The fourth-order valence-corrected chi connectivity index (χ4v) is 5.95. The van der Waals surface area contributed by atoms with E-state index in [0.717, 1.165) is 43.0 Å². The van der Waals surface area contributed by atoms with Crippen LogP contribution in [-0.4, -0.2) is 74.1 Å². The average Bonchev–Trinajstić information content (AvgIpc) is 3.31. The summed E-state index contributed by atoms with van der Waals surface area (Å²) in [5, 5.41) is 10.9. The number of hydrogen-bond donors (Lipinski definition) is 2. The van der Waals surface area contributed by atoms with E-state index in [-0.39, 0.29) is 22.1 Å². The van der Waals surface area contributed by atoms with Crippen molar-refractivity contribution in [1.29, 1.82) is 0 Å². The van der Waals surface area contributed by atoms with Crippen molar-refractivity contribution in [2.45, 2.75) is 37.6 Å². The minimum absolute atomic E-state index is 0.0559. The molecule has 5 rings (SSSR count). The van der Waals surface area contributed by atoms with E-state index in [1.165, 1.54) is 0 Å². The lowest BCUT2D eigenvalue weighted by atomic mass is 10.2. The van der Waals surface area contributed by atoms with Gasteiger partial charge < -0.3 is 10.2 Å². The lowest BCUT2D eigenvalue weighted by Crippen LogP contribution is -2.49. The Morgan fingerprint density at radius 2 is 1.87 bits per heavy atom. The van der Waals surface area contributed by atoms with Gasteiger partial charge in [0.25, 0.3) is 5.56 Å². The number of aromatic amines is 1. The Morgan fingerprint density at radius 1 is 1.11 bits per heavy atom. The standard InChI is InChI=1S/C27H33N7O3S/c1-17(2)15-28-24(35)16-32-9-11-33(12-10-32)20-6-7-21-22(14-20)34-25(29-26(21)36)27(30-31-34)38(37)23-8-5-18(3)13-19(23)4/h5-8,13-14,17,31H,9-12,15-16H2,1-4H3,(H,28,35). The van der Waals surface area contributed by atoms with Crippen LogP contribution in [0.2, 0.25) is 0 Å². The van der Waals surface area contributed by atoms with Crippen molar-refractivity contribution >= 4 is 38.9 Å². The molecule has 1 aliphatic rings. The molecule has 4 aromatic rings. The third kappa shape index (κ3) is 5.21. The molecule has 2 aromatic heterocycles. The first-order valence-electron chi connectivity index (χ1n) is 12.8. The van der Waals surface area contributed by atoms with E-state index in [1.807, 2.05) is 44.2 Å². The van der Waals surface area contributed by atoms with E-state index < -0.39 is 10.8 Å². The molecule has 1 fully saturated rings. The van der Waals surface area contributed by atoms with Gasteiger partial charge in [-0.25, -0.2) is 13.9 Å². The monoisotopic (exact) mass is 535 g/mol. The van der Waals surface area contributed by atoms with Crippen molar-refractivity contribution in [2.24, 2.45) is 5.92 Å². The van der Waals surface area contributed by atoms with Gasteiger partial charge in [-0.2, -0.15) is 4.98 Å². The van der Waals surface area contributed by atoms with Gasteiger partial charge in [0.05, 0.1) is 17.4 Å². The van der Waals surface area contributed by atoms with Gasteiger partial charge in [-0.1, -0.05) is 31.5 Å². The van der Waals surface area contributed by atoms with Crippen molar-refractivity contribution < 1.29 is 9.00 Å². The molecule has 0 spiro atoms. The summed E-state index contributed by atoms with van der Waals surface area (Å²) in [5.74, 6) is 0.482. The summed E-state index contributed by atoms with van der Waals surface area (Å²) in [6, 6.07) is 11.4. The number of nitrogens with one attached hydrogen (secondary N) is 2. The lowest BCUT2D eigenvalue weighted by molar-refractivity contribution is -0.122. The van der Waals surface area contributed by atoms with Crippen molar-refractivity contribution in [3.05, 3.63) is 57.9 Å². The minimum atomic E-state index is -1.60. The number of amides is 1. The Labute approximate surface area is 223 Å². The van der Waals surface area contributed by atoms with Crippen LogP contribution in [0.25, 0.3) is 16.6 Å². The molecule has 10 nitrogen and oxygen atoms in total. The van der Waals surface area contributed by atoms with Crippen LogP contribution in [0.4, 0.5) is 5.69 Å². The summed E-state index contributed by atoms with van der Waals surface area (Å²) in [6.07, 6.45) is 0. The highest BCUT2D eigenvalue weighted by Gasteiger charge is 2.22. The number of rotatable bonds is 7. The molecule has 2 N–H and O–H groups in total. The molecular weight excluding hydrogens is 502 g/mol. The van der Waals surface area contributed by atoms with E-state index >= 15 is 0 Å². The number of nitrogens with zero attached hydrogens (tertiary/aromatic N) is 5. The number of benzene rings is 2. The second-order valence-electron chi connectivity index (χ2n) is 10.3. The molecule has 2 aromatic carbocycles. The van der Waals surface area contributed by atoms with Crippen LogP contribution in [0, 0.1) is 19.8 Å². The van der Waals surface area contributed by atoms with E-state index in [4.69, 9.17) is 0 Å². The number of piperazine rings is 1. The first kappa shape index (κ1) is 26.1. The van der Waals surface area contributed by atoms with Crippen molar-refractivity contribution in [3.63, 3.8) is 0 Å². The summed E-state index contributed by atoms with van der Waals surface area (Å²) in [4.78, 5) is 34.4. The third-order valence-electron chi connectivity index (χ3n) is 6.83. The summed E-state index contributed by atoms with van der Waals surface area (Å²) in [6.45, 7) is 12.2. The SMILES string of the molecule is Cc1ccc(S(=O)c2n[nH]n3c2nc(=O)c2ccc(N4CCN(CC(=O)NCC(C)C)CC4)cc23)c(C)c1. The molecule has 1 saturated heterocycles. The molecule has 1 amide bonds. The van der Waals surface area contributed by atoms with Crippen LogP contribution < -0.4 is 15.8 Å². The zero-order chi connectivity index (χ0) is 27.0. The van der Waals surface area contributed by atoms with Crippen molar-refractivity contribution in [1.82, 2.24) is 30.0 Å². The maximum Gasteiger partial charge on any atom is 0.281 e. The molecule has 1 unspecified atom stereocenters. The van der Waals surface area contributed by atoms with E-state index in [0.29, 0.717) is 34.8 Å². The molecule has 200 valence electrons. The molecule has 1 aliphatic heterocycles. The van der Waals surface area contributed by atoms with Gasteiger partial charge in [0.15, 0.2) is 10.7 Å². The largest absolute Gasteiger partial charge is 0.369 e. The molecule has 0 saturated carbocycles. The van der Waals surface area contributed by atoms with E-state index in [1.54, 1.807) is 10.6 Å². The number of carbonyl (C=O) groups is 1. The Hall–Kier alpha value is -3.57. The smallest absolute Gasteiger partial charge is 0.281 e. The van der Waals surface area contributed by atoms with Crippen LogP contribution in [0.1, 0.15) is 25.0 Å². The molecular formula is C27H33N7O3S. The number of anilines is 1. The summed E-state index contributed by atoms with van der Waals surface area (Å²) in [5.41, 5.74) is 3.45. The highest BCUT2D eigenvalue weighted by molar-refractivity contribution is 7.85. The Balaban J connectivity index is 1.39. The van der Waals surface area contributed by atoms with Crippen LogP contribution in [0.5, 0.6) is 0 Å². The average molecular weight is 536 g/mol. The second kappa shape index (κ2) is 10.7. The lowest BCUT2D eigenvalue weighted by Gasteiger charge is -2.35. The van der Waals surface area contributed by atoms with Gasteiger partial charge >= 0.3 is 0 Å². The van der Waals surface area contributed by atoms with Gasteiger partial charge in [-0.05, 0) is 49.6 Å². The Bertz CT molecular complexity index is 1590. The molecule has 0 aliphatic carbocycles. The van der Waals surface area contributed by atoms with Gasteiger partial charge in [-0.3, -0.25) is 14.5 Å². The minimum Gasteiger partial charge on any atom is -0.369 e. The highest BCUT2D eigenvalue weighted by atomic mass is 32.2. The van der Waals surface area contributed by atoms with E-state index in [9.17, 15) is 13.8 Å². The predicted molar refractivity (Wildman–Crippen MR) is 148 cm³/mol. The number of H-pyrrole nitrogens is 1. The van der Waals surface area contributed by atoms with Gasteiger partial charge in [0, 0.05) is 43.3 Å². The van der Waals surface area contributed by atoms with Gasteiger partial charge in [0.2, 0.25) is 5.91 Å². The van der Waals surface area contributed by atoms with Crippen LogP contribution >= 0.6 is 0 Å². The van der Waals surface area contributed by atoms with Crippen LogP contribution in [0.3, 0.4) is 0 Å². The number of hydrogen-bond acceptors (Lipinski definition) is 7. The summed E-state index contributed by atoms with van der Waals surface area (Å²) < 4.78 is 15.1. The maximum absolute atomic E-state index is 13.4. The fraction of sp³-hybridized carbons (Fsp3) is 0.407. The van der Waals surface area contributed by atoms with Crippen molar-refractivity contribution in [3.8, 4) is 0 Å². The van der Waals surface area contributed by atoms with Crippen molar-refractivity contribution in [2.75, 3.05) is 44.2 Å². The quantitative estimate of drug-likeness (QED) is 0.373. The molecule has 38 heavy (non-hydrogen) atoms. The fourth-order valence-electron chi connectivity index (χ4n) is 4.77. The normalized spacial score (nSPS) is 15.4. The Kier molecular flexibility index (Phi) is 7.31. The molecule has 0 bridgehead atoms. The topological polar surface area (TPSA) is 116 Å². The van der Waals surface area contributed by atoms with Crippen LogP contribution in [0.15, 0.2) is 51.1 Å². The number of aryl methyl sites for hydroxylation is 2. The Morgan fingerprint density at radius 3 is 2.58 bits per heavy atom. The van der Waals surface area contributed by atoms with Gasteiger partial charge in [-0.15, -0.1) is 5.10 Å². The first-order chi connectivity index (χ1) is 18.2. The van der Waals surface area contributed by atoms with E-state index in [2.05, 4.69) is 44.3 Å². The predicted octanol–water partition coefficient (Wildman–Crippen LogP) is 2.25. The molecule has 1 atom stereocenters. The summed E-state index contributed by atoms with van der Waals surface area (Å²) in [7, 11) is -1.60. The zero-order valence-corrected chi connectivity index (χ0v) is 23.0. The first-order valence-corrected chi connectivity index (χ1v) is 14.0. The highest BCUT2D eigenvalue weighted by Crippen LogP contribution is 2.25. The third-order valence-corrected chi connectivity index (χ3v) is 8.32. The maximum atomic E-state index is 13.4.